The quantitative estimate of drug-likeness (QED) is 0.894. The Morgan fingerprint density at radius 2 is 1.95 bits per heavy atom. The second kappa shape index (κ2) is 6.57. The zero-order valence-electron chi connectivity index (χ0n) is 13.3. The van der Waals surface area contributed by atoms with Crippen LogP contribution in [0.1, 0.15) is 57.7 Å². The molecule has 0 spiro atoms. The SMILES string of the molecule is CCCc1cc(CN)cc(N2CCC(C)(CC)CC2)n1. The highest BCUT2D eigenvalue weighted by Gasteiger charge is 2.28. The van der Waals surface area contributed by atoms with Gasteiger partial charge in [-0.3, -0.25) is 0 Å². The molecule has 2 heterocycles. The van der Waals surface area contributed by atoms with Crippen molar-refractivity contribution in [1.29, 1.82) is 0 Å². The normalized spacial score (nSPS) is 18.3. The van der Waals surface area contributed by atoms with Crippen molar-refractivity contribution in [2.24, 2.45) is 11.1 Å². The van der Waals surface area contributed by atoms with Crippen LogP contribution in [-0.4, -0.2) is 18.1 Å². The first-order valence-corrected chi connectivity index (χ1v) is 8.05. The highest BCUT2D eigenvalue weighted by molar-refractivity contribution is 5.43. The van der Waals surface area contributed by atoms with Crippen molar-refractivity contribution < 1.29 is 0 Å². The number of hydrogen-bond acceptors (Lipinski definition) is 3. The van der Waals surface area contributed by atoms with Gasteiger partial charge in [-0.05, 0) is 42.4 Å². The van der Waals surface area contributed by atoms with E-state index in [0.717, 1.165) is 31.7 Å². The minimum Gasteiger partial charge on any atom is -0.357 e. The molecule has 1 fully saturated rings. The summed E-state index contributed by atoms with van der Waals surface area (Å²) in [6.07, 6.45) is 5.98. The van der Waals surface area contributed by atoms with Crippen LogP contribution < -0.4 is 10.6 Å². The Kier molecular flexibility index (Phi) is 5.03. The summed E-state index contributed by atoms with van der Waals surface area (Å²) in [4.78, 5) is 7.28. The molecule has 1 aromatic rings. The van der Waals surface area contributed by atoms with Gasteiger partial charge in [-0.15, -0.1) is 0 Å². The van der Waals surface area contributed by atoms with Crippen LogP contribution in [0, 0.1) is 5.41 Å². The summed E-state index contributed by atoms with van der Waals surface area (Å²) in [5.74, 6) is 1.13. The highest BCUT2D eigenvalue weighted by Crippen LogP contribution is 2.35. The summed E-state index contributed by atoms with van der Waals surface area (Å²) in [5.41, 5.74) is 8.75. The van der Waals surface area contributed by atoms with Crippen molar-refractivity contribution >= 4 is 5.82 Å². The second-order valence-corrected chi connectivity index (χ2v) is 6.43. The van der Waals surface area contributed by atoms with Crippen molar-refractivity contribution in [2.75, 3.05) is 18.0 Å². The summed E-state index contributed by atoms with van der Waals surface area (Å²) in [5, 5.41) is 0. The molecule has 0 atom stereocenters. The van der Waals surface area contributed by atoms with E-state index in [4.69, 9.17) is 10.7 Å². The zero-order valence-corrected chi connectivity index (χ0v) is 13.3. The van der Waals surface area contributed by atoms with Gasteiger partial charge in [-0.25, -0.2) is 4.98 Å². The van der Waals surface area contributed by atoms with Crippen LogP contribution in [0.25, 0.3) is 0 Å². The van der Waals surface area contributed by atoms with E-state index in [0.29, 0.717) is 12.0 Å². The number of rotatable bonds is 5. The number of piperidine rings is 1. The van der Waals surface area contributed by atoms with Crippen molar-refractivity contribution in [2.45, 2.75) is 59.4 Å². The minimum atomic E-state index is 0.522. The average Bonchev–Trinajstić information content (AvgIpc) is 2.48. The molecular formula is C17H29N3. The molecule has 3 heteroatoms. The Bertz CT molecular complexity index is 434. The first kappa shape index (κ1) is 15.3. The molecule has 3 nitrogen and oxygen atoms in total. The third kappa shape index (κ3) is 3.51. The number of nitrogens with two attached hydrogens (primary N) is 1. The first-order valence-electron chi connectivity index (χ1n) is 8.05. The van der Waals surface area contributed by atoms with Gasteiger partial charge in [0.05, 0.1) is 0 Å². The van der Waals surface area contributed by atoms with Crippen LogP contribution in [0.15, 0.2) is 12.1 Å². The van der Waals surface area contributed by atoms with E-state index in [1.54, 1.807) is 0 Å². The van der Waals surface area contributed by atoms with E-state index in [2.05, 4.69) is 37.8 Å². The maximum atomic E-state index is 5.83. The predicted molar refractivity (Wildman–Crippen MR) is 86.0 cm³/mol. The molecule has 0 aromatic carbocycles. The summed E-state index contributed by atoms with van der Waals surface area (Å²) in [6.45, 7) is 9.77. The van der Waals surface area contributed by atoms with Gasteiger partial charge in [0.25, 0.3) is 0 Å². The fourth-order valence-corrected chi connectivity index (χ4v) is 2.93. The van der Waals surface area contributed by atoms with Gasteiger partial charge in [0.1, 0.15) is 5.82 Å². The second-order valence-electron chi connectivity index (χ2n) is 6.43. The Balaban J connectivity index is 2.14. The number of aryl methyl sites for hydroxylation is 1. The molecule has 1 aromatic heterocycles. The van der Waals surface area contributed by atoms with Gasteiger partial charge < -0.3 is 10.6 Å². The average molecular weight is 275 g/mol. The fraction of sp³-hybridized carbons (Fsp3) is 0.706. The van der Waals surface area contributed by atoms with Gasteiger partial charge in [0.15, 0.2) is 0 Å². The molecule has 2 rings (SSSR count). The lowest BCUT2D eigenvalue weighted by atomic mass is 9.78. The maximum absolute atomic E-state index is 5.83. The number of hydrogen-bond donors (Lipinski definition) is 1. The molecule has 0 unspecified atom stereocenters. The lowest BCUT2D eigenvalue weighted by Crippen LogP contribution is -2.39. The third-order valence-corrected chi connectivity index (χ3v) is 4.81. The Hall–Kier alpha value is -1.09. The van der Waals surface area contributed by atoms with E-state index in [1.807, 2.05) is 0 Å². The van der Waals surface area contributed by atoms with E-state index < -0.39 is 0 Å². The number of anilines is 1. The number of pyridine rings is 1. The van der Waals surface area contributed by atoms with Crippen LogP contribution in [0.2, 0.25) is 0 Å². The molecule has 1 aliphatic rings. The molecule has 2 N–H and O–H groups in total. The van der Waals surface area contributed by atoms with Gasteiger partial charge in [0.2, 0.25) is 0 Å². The number of nitrogens with zero attached hydrogens (tertiary/aromatic N) is 2. The summed E-state index contributed by atoms with van der Waals surface area (Å²) in [7, 11) is 0. The molecule has 0 radical (unpaired) electrons. The van der Waals surface area contributed by atoms with Crippen LogP contribution >= 0.6 is 0 Å². The van der Waals surface area contributed by atoms with Gasteiger partial charge in [-0.1, -0.05) is 33.6 Å². The summed E-state index contributed by atoms with van der Waals surface area (Å²) in [6, 6.07) is 4.33. The Labute approximate surface area is 123 Å². The topological polar surface area (TPSA) is 42.1 Å². The fourth-order valence-electron chi connectivity index (χ4n) is 2.93. The van der Waals surface area contributed by atoms with E-state index >= 15 is 0 Å². The van der Waals surface area contributed by atoms with Gasteiger partial charge in [0, 0.05) is 25.3 Å². The van der Waals surface area contributed by atoms with Crippen LogP contribution in [0.5, 0.6) is 0 Å². The molecule has 0 aliphatic carbocycles. The smallest absolute Gasteiger partial charge is 0.129 e. The van der Waals surface area contributed by atoms with Crippen LogP contribution in [0.3, 0.4) is 0 Å². The van der Waals surface area contributed by atoms with Crippen molar-refractivity contribution in [1.82, 2.24) is 4.98 Å². The third-order valence-electron chi connectivity index (χ3n) is 4.81. The molecular weight excluding hydrogens is 246 g/mol. The predicted octanol–water partition coefficient (Wildman–Crippen LogP) is 3.51. The van der Waals surface area contributed by atoms with Crippen molar-refractivity contribution in [3.05, 3.63) is 23.4 Å². The highest BCUT2D eigenvalue weighted by atomic mass is 15.2. The minimum absolute atomic E-state index is 0.522. The molecule has 0 bridgehead atoms. The molecule has 20 heavy (non-hydrogen) atoms. The van der Waals surface area contributed by atoms with E-state index in [-0.39, 0.29) is 0 Å². The van der Waals surface area contributed by atoms with E-state index in [9.17, 15) is 0 Å². The molecule has 1 saturated heterocycles. The molecule has 1 aliphatic heterocycles. The van der Waals surface area contributed by atoms with Gasteiger partial charge >= 0.3 is 0 Å². The monoisotopic (exact) mass is 275 g/mol. The standard InChI is InChI=1S/C17H29N3/c1-4-6-15-11-14(13-18)12-16(19-15)20-9-7-17(3,5-2)8-10-20/h11-12H,4-10,13,18H2,1-3H3. The van der Waals surface area contributed by atoms with Crippen molar-refractivity contribution in [3.8, 4) is 0 Å². The van der Waals surface area contributed by atoms with Crippen molar-refractivity contribution in [3.63, 3.8) is 0 Å². The maximum Gasteiger partial charge on any atom is 0.129 e. The zero-order chi connectivity index (χ0) is 14.6. The molecule has 0 amide bonds. The van der Waals surface area contributed by atoms with E-state index in [1.165, 1.54) is 30.5 Å². The van der Waals surface area contributed by atoms with Crippen LogP contribution in [0.4, 0.5) is 5.82 Å². The molecule has 0 saturated carbocycles. The summed E-state index contributed by atoms with van der Waals surface area (Å²) < 4.78 is 0. The Morgan fingerprint density at radius 3 is 2.50 bits per heavy atom. The summed E-state index contributed by atoms with van der Waals surface area (Å²) >= 11 is 0. The number of aromatic nitrogens is 1. The first-order chi connectivity index (χ1) is 9.60. The molecule has 112 valence electrons. The largest absolute Gasteiger partial charge is 0.357 e. The Morgan fingerprint density at radius 1 is 1.25 bits per heavy atom. The lowest BCUT2D eigenvalue weighted by molar-refractivity contribution is 0.237. The lowest BCUT2D eigenvalue weighted by Gasteiger charge is -2.39. The van der Waals surface area contributed by atoms with Crippen LogP contribution in [-0.2, 0) is 13.0 Å². The van der Waals surface area contributed by atoms with Gasteiger partial charge in [-0.2, -0.15) is 0 Å².